The molecule has 0 bridgehead atoms. The summed E-state index contributed by atoms with van der Waals surface area (Å²) in [7, 11) is 1.62. The highest BCUT2D eigenvalue weighted by Gasteiger charge is 2.19. The van der Waals surface area contributed by atoms with Crippen molar-refractivity contribution in [1.29, 1.82) is 0 Å². The Hall–Kier alpha value is -2.90. The number of hydrogen-bond donors (Lipinski definition) is 2. The number of rotatable bonds is 6. The molecule has 0 spiro atoms. The van der Waals surface area contributed by atoms with E-state index in [0.29, 0.717) is 23.9 Å². The van der Waals surface area contributed by atoms with Crippen LogP contribution in [0.2, 0.25) is 0 Å². The van der Waals surface area contributed by atoms with Crippen LogP contribution in [0.4, 0.5) is 0 Å². The molecule has 140 valence electrons. The normalized spacial score (nSPS) is 14.6. The number of ether oxygens (including phenoxy) is 1. The molecule has 2 N–H and O–H groups in total. The molecule has 7 nitrogen and oxygen atoms in total. The second kappa shape index (κ2) is 7.77. The second-order valence-electron chi connectivity index (χ2n) is 6.63. The highest BCUT2D eigenvalue weighted by atomic mass is 16.5. The van der Waals surface area contributed by atoms with Crippen molar-refractivity contribution in [3.8, 4) is 11.4 Å². The molecule has 2 aromatic carbocycles. The average molecular weight is 365 g/mol. The molecule has 1 aliphatic heterocycles. The SMILES string of the molecule is COc1cc(C2CNNC2)ccc1-n1cnn(CCc2ccccc2)c1=O. The van der Waals surface area contributed by atoms with Crippen LogP contribution >= 0.6 is 0 Å². The second-order valence-corrected chi connectivity index (χ2v) is 6.63. The maximum absolute atomic E-state index is 12.8. The number of benzene rings is 2. The first-order valence-corrected chi connectivity index (χ1v) is 9.08. The van der Waals surface area contributed by atoms with E-state index in [2.05, 4.69) is 28.1 Å². The van der Waals surface area contributed by atoms with Crippen LogP contribution in [0.15, 0.2) is 59.7 Å². The van der Waals surface area contributed by atoms with E-state index in [4.69, 9.17) is 4.74 Å². The van der Waals surface area contributed by atoms with Gasteiger partial charge in [0.1, 0.15) is 12.1 Å². The van der Waals surface area contributed by atoms with Crippen LogP contribution in [0.1, 0.15) is 17.0 Å². The lowest BCUT2D eigenvalue weighted by molar-refractivity contribution is 0.411. The Morgan fingerprint density at radius 3 is 2.67 bits per heavy atom. The number of aryl methyl sites for hydroxylation is 2. The first-order chi connectivity index (χ1) is 13.3. The van der Waals surface area contributed by atoms with Gasteiger partial charge in [0.2, 0.25) is 0 Å². The lowest BCUT2D eigenvalue weighted by atomic mass is 9.99. The molecule has 0 aliphatic carbocycles. The fourth-order valence-corrected chi connectivity index (χ4v) is 3.38. The van der Waals surface area contributed by atoms with Crippen molar-refractivity contribution >= 4 is 0 Å². The summed E-state index contributed by atoms with van der Waals surface area (Å²) in [6.07, 6.45) is 2.32. The lowest BCUT2D eigenvalue weighted by Crippen LogP contribution is -2.25. The molecule has 1 aromatic heterocycles. The Balaban J connectivity index is 1.58. The van der Waals surface area contributed by atoms with Gasteiger partial charge in [-0.25, -0.2) is 14.0 Å². The standard InChI is InChI=1S/C20H23N5O2/c1-27-19-11-16(17-12-21-22-13-17)7-8-18(19)24-14-23-25(20(24)26)10-9-15-5-3-2-4-6-15/h2-8,11,14,17,21-22H,9-10,12-13H2,1H3. The Morgan fingerprint density at radius 2 is 1.93 bits per heavy atom. The van der Waals surface area contributed by atoms with Crippen molar-refractivity contribution in [2.45, 2.75) is 18.9 Å². The van der Waals surface area contributed by atoms with Crippen molar-refractivity contribution < 1.29 is 4.74 Å². The van der Waals surface area contributed by atoms with Gasteiger partial charge >= 0.3 is 5.69 Å². The lowest BCUT2D eigenvalue weighted by Gasteiger charge is -2.13. The molecule has 0 saturated carbocycles. The van der Waals surface area contributed by atoms with E-state index in [-0.39, 0.29) is 5.69 Å². The Kier molecular flexibility index (Phi) is 5.04. The van der Waals surface area contributed by atoms with Crippen LogP contribution in [0.5, 0.6) is 5.75 Å². The molecule has 1 saturated heterocycles. The molecule has 0 unspecified atom stereocenters. The Labute approximate surface area is 157 Å². The molecule has 2 heterocycles. The molecule has 1 aliphatic rings. The largest absolute Gasteiger partial charge is 0.495 e. The smallest absolute Gasteiger partial charge is 0.350 e. The Morgan fingerprint density at radius 1 is 1.15 bits per heavy atom. The highest BCUT2D eigenvalue weighted by Crippen LogP contribution is 2.27. The number of aromatic nitrogens is 3. The van der Waals surface area contributed by atoms with E-state index in [1.54, 1.807) is 18.0 Å². The van der Waals surface area contributed by atoms with Crippen LogP contribution in [-0.4, -0.2) is 34.5 Å². The van der Waals surface area contributed by atoms with Crippen molar-refractivity contribution in [1.82, 2.24) is 25.2 Å². The van der Waals surface area contributed by atoms with E-state index in [0.717, 1.165) is 19.5 Å². The van der Waals surface area contributed by atoms with Gasteiger partial charge in [0.25, 0.3) is 0 Å². The average Bonchev–Trinajstić information content (AvgIpc) is 3.37. The first kappa shape index (κ1) is 17.5. The third-order valence-electron chi connectivity index (χ3n) is 4.95. The summed E-state index contributed by atoms with van der Waals surface area (Å²) in [6.45, 7) is 2.29. The van der Waals surface area contributed by atoms with Gasteiger partial charge in [-0.15, -0.1) is 0 Å². The molecule has 27 heavy (non-hydrogen) atoms. The van der Waals surface area contributed by atoms with Crippen molar-refractivity contribution in [2.24, 2.45) is 0 Å². The third-order valence-corrected chi connectivity index (χ3v) is 4.95. The zero-order valence-electron chi connectivity index (χ0n) is 15.3. The van der Waals surface area contributed by atoms with Gasteiger partial charge in [0.05, 0.1) is 19.3 Å². The van der Waals surface area contributed by atoms with Crippen LogP contribution < -0.4 is 21.3 Å². The molecule has 0 radical (unpaired) electrons. The van der Waals surface area contributed by atoms with E-state index >= 15 is 0 Å². The number of methoxy groups -OCH3 is 1. The molecule has 1 fully saturated rings. The molecule has 4 rings (SSSR count). The number of nitrogens with one attached hydrogen (secondary N) is 2. The number of hydrazine groups is 1. The quantitative estimate of drug-likeness (QED) is 0.692. The van der Waals surface area contributed by atoms with Crippen molar-refractivity contribution in [2.75, 3.05) is 20.2 Å². The van der Waals surface area contributed by atoms with Gasteiger partial charge in [-0.2, -0.15) is 5.10 Å². The van der Waals surface area contributed by atoms with Crippen molar-refractivity contribution in [3.63, 3.8) is 0 Å². The van der Waals surface area contributed by atoms with Gasteiger partial charge in [0, 0.05) is 19.0 Å². The summed E-state index contributed by atoms with van der Waals surface area (Å²) in [4.78, 5) is 12.8. The molecular weight excluding hydrogens is 342 g/mol. The first-order valence-electron chi connectivity index (χ1n) is 9.08. The summed E-state index contributed by atoms with van der Waals surface area (Å²) in [6, 6.07) is 16.1. The molecule has 0 atom stereocenters. The minimum absolute atomic E-state index is 0.166. The molecule has 7 heteroatoms. The summed E-state index contributed by atoms with van der Waals surface area (Å²) in [5.74, 6) is 1.06. The fourth-order valence-electron chi connectivity index (χ4n) is 3.38. The van der Waals surface area contributed by atoms with Gasteiger partial charge in [-0.3, -0.25) is 10.9 Å². The minimum atomic E-state index is -0.166. The zero-order valence-corrected chi connectivity index (χ0v) is 15.3. The third kappa shape index (κ3) is 3.65. The monoisotopic (exact) mass is 365 g/mol. The summed E-state index contributed by atoms with van der Waals surface area (Å²) >= 11 is 0. The maximum atomic E-state index is 12.8. The summed E-state index contributed by atoms with van der Waals surface area (Å²) in [5, 5.41) is 4.27. The highest BCUT2D eigenvalue weighted by molar-refractivity contribution is 5.49. The molecule has 0 amide bonds. The zero-order chi connectivity index (χ0) is 18.6. The van der Waals surface area contributed by atoms with Gasteiger partial charge < -0.3 is 4.74 Å². The summed E-state index contributed by atoms with van der Waals surface area (Å²) in [5.41, 5.74) is 9.17. The maximum Gasteiger partial charge on any atom is 0.350 e. The number of nitrogens with zero attached hydrogens (tertiary/aromatic N) is 3. The van der Waals surface area contributed by atoms with E-state index < -0.39 is 0 Å². The van der Waals surface area contributed by atoms with Crippen LogP contribution in [0.25, 0.3) is 5.69 Å². The van der Waals surface area contributed by atoms with E-state index in [1.807, 2.05) is 36.4 Å². The van der Waals surface area contributed by atoms with Crippen LogP contribution in [0, 0.1) is 0 Å². The number of hydrogen-bond acceptors (Lipinski definition) is 5. The van der Waals surface area contributed by atoms with E-state index in [9.17, 15) is 4.79 Å². The van der Waals surface area contributed by atoms with Gasteiger partial charge in [0.15, 0.2) is 0 Å². The minimum Gasteiger partial charge on any atom is -0.495 e. The van der Waals surface area contributed by atoms with Gasteiger partial charge in [-0.05, 0) is 29.7 Å². The predicted octanol–water partition coefficient (Wildman–Crippen LogP) is 1.48. The van der Waals surface area contributed by atoms with Crippen LogP contribution in [0.3, 0.4) is 0 Å². The van der Waals surface area contributed by atoms with Crippen LogP contribution in [-0.2, 0) is 13.0 Å². The van der Waals surface area contributed by atoms with Gasteiger partial charge in [-0.1, -0.05) is 36.4 Å². The van der Waals surface area contributed by atoms with E-state index in [1.165, 1.54) is 15.8 Å². The summed E-state index contributed by atoms with van der Waals surface area (Å²) < 4.78 is 8.59. The predicted molar refractivity (Wildman–Crippen MR) is 103 cm³/mol. The van der Waals surface area contributed by atoms with Crippen molar-refractivity contribution in [3.05, 3.63) is 76.5 Å². The Bertz CT molecular complexity index is 958. The fraction of sp³-hybridized carbons (Fsp3) is 0.300. The molecule has 3 aromatic rings. The topological polar surface area (TPSA) is 73.1 Å². The molecular formula is C20H23N5O2.